The van der Waals surface area contributed by atoms with Gasteiger partial charge in [-0.15, -0.1) is 0 Å². The Morgan fingerprint density at radius 1 is 1.11 bits per heavy atom. The number of aryl methyl sites for hydroxylation is 1. The lowest BCUT2D eigenvalue weighted by Gasteiger charge is -2.30. The van der Waals surface area contributed by atoms with Gasteiger partial charge in [-0.2, -0.15) is 4.98 Å². The van der Waals surface area contributed by atoms with E-state index in [4.69, 9.17) is 11.5 Å². The van der Waals surface area contributed by atoms with Gasteiger partial charge in [-0.3, -0.25) is 9.59 Å². The number of benzene rings is 2. The topological polar surface area (TPSA) is 139 Å². The molecule has 2 aromatic carbocycles. The molecule has 1 fully saturated rings. The second-order valence-electron chi connectivity index (χ2n) is 10.2. The van der Waals surface area contributed by atoms with E-state index in [0.29, 0.717) is 30.4 Å². The molecule has 0 radical (unpaired) electrons. The van der Waals surface area contributed by atoms with Crippen LogP contribution in [0, 0.1) is 0 Å². The SMILES string of the molecule is CCc1cccc(C(=O)N2CCc3ccc(Nc4nc(N[C@@H]5CCCC[C@@H]5N)ncc4C(N)=O)cc3C2)c1. The van der Waals surface area contributed by atoms with E-state index in [2.05, 4.69) is 33.6 Å². The molecule has 0 bridgehead atoms. The highest BCUT2D eigenvalue weighted by molar-refractivity contribution is 5.98. The molecule has 1 saturated carbocycles. The first-order valence-corrected chi connectivity index (χ1v) is 13.4. The smallest absolute Gasteiger partial charge is 0.254 e. The normalized spacial score (nSPS) is 18.9. The molecule has 1 aromatic heterocycles. The molecule has 38 heavy (non-hydrogen) atoms. The maximum Gasteiger partial charge on any atom is 0.254 e. The van der Waals surface area contributed by atoms with E-state index in [-0.39, 0.29) is 23.6 Å². The third-order valence-electron chi connectivity index (χ3n) is 7.54. The van der Waals surface area contributed by atoms with Crippen LogP contribution in [0.4, 0.5) is 17.5 Å². The van der Waals surface area contributed by atoms with Gasteiger partial charge in [-0.1, -0.05) is 38.0 Å². The van der Waals surface area contributed by atoms with Crippen LogP contribution in [0.25, 0.3) is 0 Å². The lowest BCUT2D eigenvalue weighted by atomic mass is 9.91. The standard InChI is InChI=1S/C29H35N7O2/c1-2-18-6-5-7-20(14-18)28(38)36-13-12-19-10-11-22(15-21(19)17-36)33-27-23(26(31)37)16-32-29(35-27)34-25-9-4-3-8-24(25)30/h5-7,10-11,14-16,24-25H,2-4,8-9,12-13,17,30H2,1H3,(H2,31,37)(H2,32,33,34,35)/t24-,25+/m0/s1. The van der Waals surface area contributed by atoms with E-state index >= 15 is 0 Å². The molecule has 0 spiro atoms. The Balaban J connectivity index is 1.35. The number of aromatic nitrogens is 2. The molecule has 5 rings (SSSR count). The van der Waals surface area contributed by atoms with E-state index in [1.54, 1.807) is 0 Å². The minimum absolute atomic E-state index is 0.0350. The average molecular weight is 514 g/mol. The van der Waals surface area contributed by atoms with Gasteiger partial charge in [-0.25, -0.2) is 4.98 Å². The van der Waals surface area contributed by atoms with Crippen molar-refractivity contribution in [3.05, 3.63) is 76.5 Å². The molecular weight excluding hydrogens is 478 g/mol. The summed E-state index contributed by atoms with van der Waals surface area (Å²) in [6, 6.07) is 14.0. The predicted octanol–water partition coefficient (Wildman–Crippen LogP) is 3.76. The summed E-state index contributed by atoms with van der Waals surface area (Å²) in [6.07, 6.45) is 7.26. The first-order chi connectivity index (χ1) is 18.4. The number of amides is 2. The number of fused-ring (bicyclic) bond motifs is 1. The summed E-state index contributed by atoms with van der Waals surface area (Å²) in [6.45, 7) is 3.27. The molecule has 3 aromatic rings. The minimum atomic E-state index is -0.613. The van der Waals surface area contributed by atoms with Crippen LogP contribution in [0.15, 0.2) is 48.7 Å². The van der Waals surface area contributed by atoms with Crippen molar-refractivity contribution in [2.24, 2.45) is 11.5 Å². The van der Waals surface area contributed by atoms with E-state index in [9.17, 15) is 9.59 Å². The zero-order valence-corrected chi connectivity index (χ0v) is 21.7. The van der Waals surface area contributed by atoms with Crippen molar-refractivity contribution >= 4 is 29.3 Å². The van der Waals surface area contributed by atoms with Gasteiger partial charge in [-0.05, 0) is 66.6 Å². The van der Waals surface area contributed by atoms with E-state index < -0.39 is 5.91 Å². The van der Waals surface area contributed by atoms with E-state index in [1.165, 1.54) is 11.8 Å². The van der Waals surface area contributed by atoms with Crippen molar-refractivity contribution in [1.82, 2.24) is 14.9 Å². The number of nitrogens with one attached hydrogen (secondary N) is 2. The molecule has 198 valence electrons. The van der Waals surface area contributed by atoms with E-state index in [0.717, 1.165) is 55.3 Å². The van der Waals surface area contributed by atoms with Crippen LogP contribution < -0.4 is 22.1 Å². The van der Waals surface area contributed by atoms with Crippen molar-refractivity contribution in [2.75, 3.05) is 17.2 Å². The number of anilines is 3. The highest BCUT2D eigenvalue weighted by Gasteiger charge is 2.24. The molecule has 2 aliphatic rings. The number of primary amides is 1. The number of hydrogen-bond acceptors (Lipinski definition) is 7. The Kier molecular flexibility index (Phi) is 7.55. The Bertz CT molecular complexity index is 1340. The second-order valence-corrected chi connectivity index (χ2v) is 10.2. The lowest BCUT2D eigenvalue weighted by Crippen LogP contribution is -2.43. The van der Waals surface area contributed by atoms with Gasteiger partial charge in [0.25, 0.3) is 11.8 Å². The molecule has 2 atom stereocenters. The Labute approximate surface area is 223 Å². The number of carbonyl (C=O) groups is 2. The van der Waals surface area contributed by atoms with Crippen LogP contribution in [0.2, 0.25) is 0 Å². The van der Waals surface area contributed by atoms with Gasteiger partial charge in [0.1, 0.15) is 11.4 Å². The van der Waals surface area contributed by atoms with Gasteiger partial charge in [0.05, 0.1) is 0 Å². The fraction of sp³-hybridized carbons (Fsp3) is 0.379. The van der Waals surface area contributed by atoms with Crippen LogP contribution >= 0.6 is 0 Å². The molecule has 9 nitrogen and oxygen atoms in total. The summed E-state index contributed by atoms with van der Waals surface area (Å²) < 4.78 is 0. The van der Waals surface area contributed by atoms with Gasteiger partial charge < -0.3 is 27.0 Å². The quantitative estimate of drug-likeness (QED) is 0.377. The summed E-state index contributed by atoms with van der Waals surface area (Å²) in [7, 11) is 0. The summed E-state index contributed by atoms with van der Waals surface area (Å²) in [4.78, 5) is 36.1. The number of carbonyl (C=O) groups excluding carboxylic acids is 2. The summed E-state index contributed by atoms with van der Waals surface area (Å²) in [5.74, 6) is 0.161. The summed E-state index contributed by atoms with van der Waals surface area (Å²) in [5, 5.41) is 6.59. The number of nitrogens with zero attached hydrogens (tertiary/aromatic N) is 3. The van der Waals surface area contributed by atoms with Crippen LogP contribution in [-0.2, 0) is 19.4 Å². The second kappa shape index (κ2) is 11.2. The fourth-order valence-corrected chi connectivity index (χ4v) is 5.28. The average Bonchev–Trinajstić information content (AvgIpc) is 2.93. The van der Waals surface area contributed by atoms with E-state index in [1.807, 2.05) is 41.3 Å². The van der Waals surface area contributed by atoms with Gasteiger partial charge in [0, 0.05) is 42.6 Å². The lowest BCUT2D eigenvalue weighted by molar-refractivity contribution is 0.0734. The summed E-state index contributed by atoms with van der Waals surface area (Å²) in [5.41, 5.74) is 17.0. The van der Waals surface area contributed by atoms with Crippen molar-refractivity contribution in [3.63, 3.8) is 0 Å². The zero-order chi connectivity index (χ0) is 26.6. The first-order valence-electron chi connectivity index (χ1n) is 13.4. The number of nitrogens with two attached hydrogens (primary N) is 2. The molecule has 1 aliphatic heterocycles. The van der Waals surface area contributed by atoms with Crippen molar-refractivity contribution in [1.29, 1.82) is 0 Å². The van der Waals surface area contributed by atoms with Crippen LogP contribution in [0.3, 0.4) is 0 Å². The molecule has 9 heteroatoms. The highest BCUT2D eigenvalue weighted by Crippen LogP contribution is 2.27. The summed E-state index contributed by atoms with van der Waals surface area (Å²) >= 11 is 0. The largest absolute Gasteiger partial charge is 0.365 e. The molecule has 1 aliphatic carbocycles. The molecule has 6 N–H and O–H groups in total. The number of hydrogen-bond donors (Lipinski definition) is 4. The van der Waals surface area contributed by atoms with Crippen LogP contribution in [0.5, 0.6) is 0 Å². The van der Waals surface area contributed by atoms with Crippen LogP contribution in [-0.4, -0.2) is 45.3 Å². The Morgan fingerprint density at radius 2 is 1.95 bits per heavy atom. The minimum Gasteiger partial charge on any atom is -0.365 e. The maximum absolute atomic E-state index is 13.2. The van der Waals surface area contributed by atoms with Crippen molar-refractivity contribution in [2.45, 2.75) is 64.1 Å². The Morgan fingerprint density at radius 3 is 2.74 bits per heavy atom. The van der Waals surface area contributed by atoms with Gasteiger partial charge in [0.15, 0.2) is 0 Å². The molecule has 2 heterocycles. The Hall–Kier alpha value is -3.98. The third-order valence-corrected chi connectivity index (χ3v) is 7.54. The molecular formula is C29H35N7O2. The van der Waals surface area contributed by atoms with Crippen molar-refractivity contribution in [3.8, 4) is 0 Å². The number of rotatable bonds is 7. The molecule has 0 saturated heterocycles. The zero-order valence-electron chi connectivity index (χ0n) is 21.7. The predicted molar refractivity (Wildman–Crippen MR) is 148 cm³/mol. The van der Waals surface area contributed by atoms with Gasteiger partial charge in [0.2, 0.25) is 5.95 Å². The molecule has 0 unspecified atom stereocenters. The van der Waals surface area contributed by atoms with Gasteiger partial charge >= 0.3 is 0 Å². The monoisotopic (exact) mass is 513 g/mol. The fourth-order valence-electron chi connectivity index (χ4n) is 5.28. The van der Waals surface area contributed by atoms with Crippen LogP contribution in [0.1, 0.15) is 70.0 Å². The highest BCUT2D eigenvalue weighted by atomic mass is 16.2. The maximum atomic E-state index is 13.2. The van der Waals surface area contributed by atoms with Crippen molar-refractivity contribution < 1.29 is 9.59 Å². The first kappa shape index (κ1) is 25.7. The third kappa shape index (κ3) is 5.62. The molecule has 2 amide bonds.